The van der Waals surface area contributed by atoms with Crippen LogP contribution in [0.2, 0.25) is 0 Å². The molecule has 1 saturated carbocycles. The Labute approximate surface area is 125 Å². The normalized spacial score (nSPS) is 26.4. The van der Waals surface area contributed by atoms with E-state index in [1.807, 2.05) is 0 Å². The summed E-state index contributed by atoms with van der Waals surface area (Å²) in [7, 11) is 0. The Hall–Kier alpha value is 0.620. The molecule has 0 bridgehead atoms. The van der Waals surface area contributed by atoms with Crippen LogP contribution in [0.1, 0.15) is 44.7 Å². The lowest BCUT2D eigenvalue weighted by Gasteiger charge is -2.27. The first-order valence-corrected chi connectivity index (χ1v) is 8.71. The van der Waals surface area contributed by atoms with Crippen molar-refractivity contribution in [3.8, 4) is 0 Å². The zero-order valence-electron chi connectivity index (χ0n) is 10.3. The van der Waals surface area contributed by atoms with E-state index in [1.165, 1.54) is 32.4 Å². The lowest BCUT2D eigenvalue weighted by atomic mass is 9.87. The van der Waals surface area contributed by atoms with Crippen LogP contribution in [-0.4, -0.2) is 6.54 Å². The fraction of sp³-hybridized carbons (Fsp3) is 0.692. The highest BCUT2D eigenvalue weighted by molar-refractivity contribution is 9.12. The van der Waals surface area contributed by atoms with E-state index in [9.17, 15) is 0 Å². The maximum absolute atomic E-state index is 3.70. The Morgan fingerprint density at radius 1 is 1.47 bits per heavy atom. The van der Waals surface area contributed by atoms with Gasteiger partial charge >= 0.3 is 0 Å². The first kappa shape index (κ1) is 14.0. The van der Waals surface area contributed by atoms with Gasteiger partial charge in [0.25, 0.3) is 0 Å². The second kappa shape index (κ2) is 6.18. The van der Waals surface area contributed by atoms with Gasteiger partial charge in [-0.1, -0.05) is 26.7 Å². The number of nitrogens with one attached hydrogen (secondary N) is 1. The summed E-state index contributed by atoms with van der Waals surface area (Å²) >= 11 is 9.07. The average molecular weight is 381 g/mol. The first-order chi connectivity index (χ1) is 8.13. The van der Waals surface area contributed by atoms with Gasteiger partial charge in [-0.25, -0.2) is 0 Å². The van der Waals surface area contributed by atoms with Crippen LogP contribution in [0.15, 0.2) is 13.6 Å². The van der Waals surface area contributed by atoms with Gasteiger partial charge in [0.05, 0.1) is 7.57 Å². The van der Waals surface area contributed by atoms with Gasteiger partial charge in [0.1, 0.15) is 0 Å². The summed E-state index contributed by atoms with van der Waals surface area (Å²) in [6.45, 7) is 5.63. The third-order valence-electron chi connectivity index (χ3n) is 3.80. The van der Waals surface area contributed by atoms with E-state index in [0.29, 0.717) is 6.04 Å². The van der Waals surface area contributed by atoms with Gasteiger partial charge in [-0.3, -0.25) is 0 Å². The monoisotopic (exact) mass is 379 g/mol. The summed E-state index contributed by atoms with van der Waals surface area (Å²) in [5.41, 5.74) is 1.43. The number of thiophene rings is 1. The molecule has 0 aromatic carbocycles. The lowest BCUT2D eigenvalue weighted by Crippen LogP contribution is -2.29. The minimum absolute atomic E-state index is 0.509. The van der Waals surface area contributed by atoms with Crippen molar-refractivity contribution in [2.24, 2.45) is 11.8 Å². The molecule has 0 spiro atoms. The highest BCUT2D eigenvalue weighted by Gasteiger charge is 2.32. The van der Waals surface area contributed by atoms with Crippen molar-refractivity contribution in [2.75, 3.05) is 6.54 Å². The molecule has 0 amide bonds. The van der Waals surface area contributed by atoms with Crippen molar-refractivity contribution in [3.05, 3.63) is 19.2 Å². The predicted molar refractivity (Wildman–Crippen MR) is 82.6 cm³/mol. The highest BCUT2D eigenvalue weighted by Crippen LogP contribution is 2.44. The fourth-order valence-corrected chi connectivity index (χ4v) is 5.88. The van der Waals surface area contributed by atoms with E-state index in [0.717, 1.165) is 18.4 Å². The van der Waals surface area contributed by atoms with Crippen LogP contribution in [0.25, 0.3) is 0 Å². The number of hydrogen-bond acceptors (Lipinski definition) is 2. The molecule has 0 saturated heterocycles. The van der Waals surface area contributed by atoms with Crippen LogP contribution in [0.3, 0.4) is 0 Å². The van der Waals surface area contributed by atoms with Crippen LogP contribution in [0.5, 0.6) is 0 Å². The van der Waals surface area contributed by atoms with E-state index in [2.05, 4.69) is 57.1 Å². The van der Waals surface area contributed by atoms with Gasteiger partial charge in [0, 0.05) is 6.04 Å². The molecule has 1 aromatic rings. The number of rotatable bonds is 4. The molecular formula is C13H19Br2NS. The molecule has 2 rings (SSSR count). The standard InChI is InChI=1S/C13H19Br2NS/c1-3-16-12(9-6-4-5-8(9)2)10-7-11(14)17-13(10)15/h7-9,12,16H,3-6H2,1-2H3. The molecular weight excluding hydrogens is 362 g/mol. The largest absolute Gasteiger partial charge is 0.310 e. The molecule has 0 radical (unpaired) electrons. The quantitative estimate of drug-likeness (QED) is 0.741. The number of hydrogen-bond donors (Lipinski definition) is 1. The van der Waals surface area contributed by atoms with Crippen molar-refractivity contribution in [3.63, 3.8) is 0 Å². The van der Waals surface area contributed by atoms with Gasteiger partial charge in [0.15, 0.2) is 0 Å². The summed E-state index contributed by atoms with van der Waals surface area (Å²) in [6, 6.07) is 2.78. The van der Waals surface area contributed by atoms with Crippen LogP contribution in [-0.2, 0) is 0 Å². The molecule has 3 unspecified atom stereocenters. The molecule has 1 fully saturated rings. The molecule has 1 N–H and O–H groups in total. The Bertz CT molecular complexity index is 377. The fourth-order valence-electron chi connectivity index (χ4n) is 2.95. The van der Waals surface area contributed by atoms with Crippen molar-refractivity contribution >= 4 is 43.2 Å². The smallest absolute Gasteiger partial charge is 0.0758 e. The van der Waals surface area contributed by atoms with E-state index in [1.54, 1.807) is 11.3 Å². The first-order valence-electron chi connectivity index (χ1n) is 6.31. The van der Waals surface area contributed by atoms with E-state index in [4.69, 9.17) is 0 Å². The van der Waals surface area contributed by atoms with Gasteiger partial charge in [-0.05, 0) is 68.3 Å². The molecule has 96 valence electrons. The van der Waals surface area contributed by atoms with E-state index < -0.39 is 0 Å². The Balaban J connectivity index is 2.25. The van der Waals surface area contributed by atoms with Crippen LogP contribution in [0, 0.1) is 11.8 Å². The van der Waals surface area contributed by atoms with E-state index in [-0.39, 0.29) is 0 Å². The molecule has 1 aromatic heterocycles. The third-order valence-corrected chi connectivity index (χ3v) is 6.18. The third kappa shape index (κ3) is 3.14. The Morgan fingerprint density at radius 3 is 2.71 bits per heavy atom. The average Bonchev–Trinajstić information content (AvgIpc) is 2.82. The molecule has 0 aliphatic heterocycles. The van der Waals surface area contributed by atoms with Gasteiger partial charge in [-0.2, -0.15) is 0 Å². The maximum atomic E-state index is 3.70. The second-order valence-corrected chi connectivity index (χ2v) is 8.64. The Morgan fingerprint density at radius 2 is 2.24 bits per heavy atom. The van der Waals surface area contributed by atoms with Crippen LogP contribution < -0.4 is 5.32 Å². The summed E-state index contributed by atoms with van der Waals surface area (Å²) in [6.07, 6.45) is 4.13. The van der Waals surface area contributed by atoms with Gasteiger partial charge in [0.2, 0.25) is 0 Å². The zero-order chi connectivity index (χ0) is 12.4. The molecule has 1 heterocycles. The van der Waals surface area contributed by atoms with E-state index >= 15 is 0 Å². The predicted octanol–water partition coefficient (Wildman–Crippen LogP) is 5.36. The zero-order valence-corrected chi connectivity index (χ0v) is 14.3. The Kier molecular flexibility index (Phi) is 5.10. The van der Waals surface area contributed by atoms with Crippen molar-refractivity contribution < 1.29 is 0 Å². The lowest BCUT2D eigenvalue weighted by molar-refractivity contribution is 0.305. The summed E-state index contributed by atoms with van der Waals surface area (Å²) in [5, 5.41) is 3.68. The topological polar surface area (TPSA) is 12.0 Å². The maximum Gasteiger partial charge on any atom is 0.0758 e. The van der Waals surface area contributed by atoms with Gasteiger partial charge in [-0.15, -0.1) is 11.3 Å². The van der Waals surface area contributed by atoms with Crippen LogP contribution in [0.4, 0.5) is 0 Å². The molecule has 3 atom stereocenters. The van der Waals surface area contributed by atoms with Crippen molar-refractivity contribution in [2.45, 2.75) is 39.2 Å². The second-order valence-electron chi connectivity index (χ2n) is 4.89. The molecule has 1 nitrogen and oxygen atoms in total. The summed E-state index contributed by atoms with van der Waals surface area (Å²) in [4.78, 5) is 0. The minimum atomic E-state index is 0.509. The number of halogens is 2. The minimum Gasteiger partial charge on any atom is -0.310 e. The molecule has 4 heteroatoms. The summed E-state index contributed by atoms with van der Waals surface area (Å²) in [5.74, 6) is 1.62. The SMILES string of the molecule is CCNC(c1cc(Br)sc1Br)C1CCCC1C. The molecule has 1 aliphatic carbocycles. The summed E-state index contributed by atoms with van der Waals surface area (Å²) < 4.78 is 2.49. The van der Waals surface area contributed by atoms with Crippen LogP contribution >= 0.6 is 43.2 Å². The highest BCUT2D eigenvalue weighted by atomic mass is 79.9. The molecule has 1 aliphatic rings. The van der Waals surface area contributed by atoms with Gasteiger partial charge < -0.3 is 5.32 Å². The molecule has 17 heavy (non-hydrogen) atoms. The van der Waals surface area contributed by atoms with Crippen molar-refractivity contribution in [1.29, 1.82) is 0 Å². The van der Waals surface area contributed by atoms with Crippen molar-refractivity contribution in [1.82, 2.24) is 5.32 Å².